The van der Waals surface area contributed by atoms with Gasteiger partial charge in [0.15, 0.2) is 0 Å². The van der Waals surface area contributed by atoms with E-state index < -0.39 is 38.5 Å². The molecular weight excluding hydrogens is 418 g/mol. The highest BCUT2D eigenvalue weighted by Gasteiger charge is 2.46. The van der Waals surface area contributed by atoms with E-state index in [4.69, 9.17) is 7.94 Å². The number of amides is 1. The highest BCUT2D eigenvalue weighted by atomic mass is 32.2. The number of carbonyl (C=O) groups is 2. The molecule has 0 aromatic carbocycles. The Kier molecular flexibility index (Phi) is 12.7. The third kappa shape index (κ3) is 10.7. The molecule has 0 aromatic rings. The Morgan fingerprint density at radius 1 is 1.04 bits per heavy atom. The molecule has 0 bridgehead atoms. The van der Waals surface area contributed by atoms with Crippen LogP contribution in [0.15, 0.2) is 0 Å². The van der Waals surface area contributed by atoms with Gasteiger partial charge >= 0.3 is 25.6 Å². The highest BCUT2D eigenvalue weighted by molar-refractivity contribution is 8.01. The van der Waals surface area contributed by atoms with Gasteiger partial charge in [-0.25, -0.2) is 7.94 Å². The van der Waals surface area contributed by atoms with Crippen molar-refractivity contribution in [3.05, 3.63) is 0 Å². The summed E-state index contributed by atoms with van der Waals surface area (Å²) in [5.41, 5.74) is 0. The molecule has 0 fully saturated rings. The normalized spacial score (nSPS) is 12.1. The summed E-state index contributed by atoms with van der Waals surface area (Å²) in [5.74, 6) is -2.52. The van der Waals surface area contributed by atoms with Crippen LogP contribution in [0.3, 0.4) is 0 Å². The second kappa shape index (κ2) is 12.9. The van der Waals surface area contributed by atoms with Gasteiger partial charge in [0.05, 0.1) is 6.61 Å². The zero-order chi connectivity index (χ0) is 20.2. The molecule has 26 heavy (non-hydrogen) atoms. The first-order valence-corrected chi connectivity index (χ1v) is 11.4. The van der Waals surface area contributed by atoms with E-state index in [0.29, 0.717) is 24.3 Å². The van der Waals surface area contributed by atoms with Crippen LogP contribution in [0.4, 0.5) is 13.2 Å². The molecule has 0 atom stereocenters. The predicted molar refractivity (Wildman–Crippen MR) is 94.5 cm³/mol. The Bertz CT molecular complexity index is 481. The Morgan fingerprint density at radius 3 is 1.92 bits per heavy atom. The molecule has 0 N–H and O–H groups in total. The van der Waals surface area contributed by atoms with Crippen LogP contribution in [0, 0.1) is 0 Å². The lowest BCUT2D eigenvalue weighted by atomic mass is 10.5. The molecular formula is C13H23F3NO6PS2. The Labute approximate surface area is 159 Å². The van der Waals surface area contributed by atoms with Crippen LogP contribution in [0.5, 0.6) is 0 Å². The van der Waals surface area contributed by atoms with Crippen molar-refractivity contribution in [2.45, 2.75) is 39.8 Å². The maximum absolute atomic E-state index is 12.8. The third-order valence-electron chi connectivity index (χ3n) is 2.41. The number of carbonyl (C=O) groups excluding carboxylic acids is 2. The van der Waals surface area contributed by atoms with E-state index in [-0.39, 0.29) is 11.5 Å². The third-order valence-corrected chi connectivity index (χ3v) is 6.90. The van der Waals surface area contributed by atoms with Gasteiger partial charge in [0.1, 0.15) is 12.8 Å². The summed E-state index contributed by atoms with van der Waals surface area (Å²) < 4.78 is 65.8. The lowest BCUT2D eigenvalue weighted by Gasteiger charge is -2.26. The van der Waals surface area contributed by atoms with Crippen LogP contribution in [-0.2, 0) is 26.8 Å². The Hall–Kier alpha value is -0.420. The summed E-state index contributed by atoms with van der Waals surface area (Å²) in [7, 11) is -4.11. The molecule has 0 saturated carbocycles. The van der Waals surface area contributed by atoms with Crippen molar-refractivity contribution in [2.75, 3.05) is 30.9 Å². The monoisotopic (exact) mass is 441 g/mol. The van der Waals surface area contributed by atoms with Crippen molar-refractivity contribution >= 4 is 43.6 Å². The molecule has 7 nitrogen and oxygen atoms in total. The second-order valence-electron chi connectivity index (χ2n) is 4.85. The number of esters is 1. The maximum Gasteiger partial charge on any atom is 0.471 e. The highest BCUT2D eigenvalue weighted by Crippen LogP contribution is 2.55. The standard InChI is InChI=1S/C13H23F3NO6PS2/c1-4-7-25-22-24(20,23-26-8-5-2)10-17(9-11(18)21-6-3)12(19)13(14,15)16/h4-10H2,1-3H3. The summed E-state index contributed by atoms with van der Waals surface area (Å²) in [6.45, 7) is 4.03. The second-order valence-corrected chi connectivity index (χ2v) is 8.84. The van der Waals surface area contributed by atoms with Crippen molar-refractivity contribution in [3.8, 4) is 0 Å². The van der Waals surface area contributed by atoms with Crippen LogP contribution in [0.1, 0.15) is 33.6 Å². The zero-order valence-corrected chi connectivity index (χ0v) is 17.3. The zero-order valence-electron chi connectivity index (χ0n) is 14.7. The van der Waals surface area contributed by atoms with E-state index in [1.54, 1.807) is 0 Å². The molecule has 13 heteroatoms. The molecule has 0 radical (unpaired) electrons. The minimum atomic E-state index is -5.25. The fraction of sp³-hybridized carbons (Fsp3) is 0.846. The predicted octanol–water partition coefficient (Wildman–Crippen LogP) is 4.24. The number of ether oxygens (including phenoxy) is 1. The van der Waals surface area contributed by atoms with Crippen LogP contribution in [0.2, 0.25) is 0 Å². The average molecular weight is 441 g/mol. The van der Waals surface area contributed by atoms with Crippen molar-refractivity contribution in [2.24, 2.45) is 0 Å². The van der Waals surface area contributed by atoms with Gasteiger partial charge in [0, 0.05) is 35.6 Å². The number of alkyl halides is 3. The van der Waals surface area contributed by atoms with Gasteiger partial charge in [-0.05, 0) is 19.8 Å². The van der Waals surface area contributed by atoms with Gasteiger partial charge < -0.3 is 9.64 Å². The number of hydrogen-bond acceptors (Lipinski definition) is 8. The molecule has 0 rings (SSSR count). The summed E-state index contributed by atoms with van der Waals surface area (Å²) >= 11 is 1.54. The average Bonchev–Trinajstić information content (AvgIpc) is 2.53. The van der Waals surface area contributed by atoms with Gasteiger partial charge in [-0.3, -0.25) is 14.2 Å². The maximum atomic E-state index is 12.8. The van der Waals surface area contributed by atoms with Crippen molar-refractivity contribution in [3.63, 3.8) is 0 Å². The molecule has 0 unspecified atom stereocenters. The van der Waals surface area contributed by atoms with E-state index >= 15 is 0 Å². The van der Waals surface area contributed by atoms with E-state index in [0.717, 1.165) is 24.1 Å². The van der Waals surface area contributed by atoms with Crippen molar-refractivity contribution in [1.29, 1.82) is 0 Å². The van der Waals surface area contributed by atoms with E-state index in [1.807, 2.05) is 13.8 Å². The summed E-state index contributed by atoms with van der Waals surface area (Å²) in [6.07, 6.45) is -4.93. The van der Waals surface area contributed by atoms with Crippen LogP contribution in [-0.4, -0.2) is 53.9 Å². The first-order chi connectivity index (χ1) is 12.1. The Morgan fingerprint density at radius 2 is 1.54 bits per heavy atom. The van der Waals surface area contributed by atoms with Gasteiger partial charge in [-0.1, -0.05) is 13.8 Å². The molecule has 1 amide bonds. The molecule has 0 aromatic heterocycles. The number of halogens is 3. The fourth-order valence-electron chi connectivity index (χ4n) is 1.40. The van der Waals surface area contributed by atoms with Gasteiger partial charge in [-0.2, -0.15) is 13.2 Å². The quantitative estimate of drug-likeness (QED) is 0.182. The van der Waals surface area contributed by atoms with Crippen LogP contribution >= 0.6 is 31.7 Å². The minimum absolute atomic E-state index is 0.0732. The lowest BCUT2D eigenvalue weighted by molar-refractivity contribution is -0.186. The first kappa shape index (κ1) is 25.6. The van der Waals surface area contributed by atoms with Crippen molar-refractivity contribution < 1.29 is 40.0 Å². The van der Waals surface area contributed by atoms with Gasteiger partial charge in [0.2, 0.25) is 0 Å². The van der Waals surface area contributed by atoms with E-state index in [9.17, 15) is 27.3 Å². The molecule has 0 spiro atoms. The number of hydrogen-bond donors (Lipinski definition) is 0. The molecule has 0 aliphatic rings. The van der Waals surface area contributed by atoms with Crippen LogP contribution in [0.25, 0.3) is 0 Å². The molecule has 0 saturated heterocycles. The van der Waals surface area contributed by atoms with Crippen molar-refractivity contribution in [1.82, 2.24) is 4.90 Å². The SMILES string of the molecule is CCCSOP(=O)(CN(CC(=O)OCC)C(=O)C(F)(F)F)OSCCC. The first-order valence-electron chi connectivity index (χ1n) is 7.82. The number of nitrogens with zero attached hydrogens (tertiary/aromatic N) is 1. The summed E-state index contributed by atoms with van der Waals surface area (Å²) in [5, 5.41) is 0. The smallest absolute Gasteiger partial charge is 0.465 e. The topological polar surface area (TPSA) is 82.1 Å². The molecule has 154 valence electrons. The summed E-state index contributed by atoms with van der Waals surface area (Å²) in [6, 6.07) is 0. The minimum Gasteiger partial charge on any atom is -0.465 e. The Balaban J connectivity index is 5.32. The molecule has 0 aliphatic heterocycles. The largest absolute Gasteiger partial charge is 0.471 e. The van der Waals surface area contributed by atoms with Gasteiger partial charge in [-0.15, -0.1) is 0 Å². The van der Waals surface area contributed by atoms with Crippen LogP contribution < -0.4 is 0 Å². The van der Waals surface area contributed by atoms with Gasteiger partial charge in [0.25, 0.3) is 0 Å². The summed E-state index contributed by atoms with van der Waals surface area (Å²) in [4.78, 5) is 23.2. The fourth-order valence-corrected chi connectivity index (χ4v) is 4.96. The lowest BCUT2D eigenvalue weighted by Crippen LogP contribution is -2.44. The van der Waals surface area contributed by atoms with E-state index in [1.165, 1.54) is 6.92 Å². The molecule has 0 aliphatic carbocycles. The van der Waals surface area contributed by atoms with E-state index in [2.05, 4.69) is 4.74 Å². The molecule has 0 heterocycles. The number of rotatable bonds is 13.